The largest absolute Gasteiger partial charge is 0.481 e. The van der Waals surface area contributed by atoms with E-state index >= 15 is 0 Å². The quantitative estimate of drug-likeness (QED) is 0.735. The first-order valence-electron chi connectivity index (χ1n) is 5.96. The van der Waals surface area contributed by atoms with Gasteiger partial charge < -0.3 is 16.2 Å². The number of aromatic nitrogens is 1. The lowest BCUT2D eigenvalue weighted by Crippen LogP contribution is -2.43. The number of carbonyl (C=O) groups is 2. The van der Waals surface area contributed by atoms with E-state index < -0.39 is 11.5 Å². The van der Waals surface area contributed by atoms with Gasteiger partial charge in [0.05, 0.1) is 6.04 Å². The third-order valence-corrected chi connectivity index (χ3v) is 3.61. The first kappa shape index (κ1) is 15.6. The third kappa shape index (κ3) is 4.96. The van der Waals surface area contributed by atoms with Gasteiger partial charge in [0.1, 0.15) is 10.7 Å². The molecule has 1 atom stereocenters. The third-order valence-electron chi connectivity index (χ3n) is 2.56. The minimum absolute atomic E-state index is 0.00935. The second-order valence-electron chi connectivity index (χ2n) is 5.09. The van der Waals surface area contributed by atoms with Gasteiger partial charge >= 0.3 is 5.97 Å². The zero-order chi connectivity index (χ0) is 14.6. The highest BCUT2D eigenvalue weighted by Crippen LogP contribution is 2.17. The summed E-state index contributed by atoms with van der Waals surface area (Å²) in [4.78, 5) is 26.7. The van der Waals surface area contributed by atoms with Gasteiger partial charge in [-0.1, -0.05) is 0 Å². The van der Waals surface area contributed by atoms with Crippen LogP contribution in [-0.4, -0.2) is 27.5 Å². The fourth-order valence-electron chi connectivity index (χ4n) is 1.45. The zero-order valence-electron chi connectivity index (χ0n) is 11.3. The van der Waals surface area contributed by atoms with Gasteiger partial charge in [-0.3, -0.25) is 9.59 Å². The SMILES string of the molecule is CC(N)c1nc(C(=O)NC(C)(C)CCC(=O)O)cs1. The lowest BCUT2D eigenvalue weighted by atomic mass is 9.98. The predicted molar refractivity (Wildman–Crippen MR) is 73.1 cm³/mol. The Morgan fingerprint density at radius 3 is 2.68 bits per heavy atom. The molecule has 0 aliphatic rings. The van der Waals surface area contributed by atoms with Crippen molar-refractivity contribution >= 4 is 23.2 Å². The number of carboxylic acids is 1. The van der Waals surface area contributed by atoms with E-state index in [0.29, 0.717) is 17.1 Å². The van der Waals surface area contributed by atoms with E-state index in [4.69, 9.17) is 10.8 Å². The number of hydrogen-bond donors (Lipinski definition) is 3. The molecule has 0 fully saturated rings. The number of thiazole rings is 1. The summed E-state index contributed by atoms with van der Waals surface area (Å²) in [7, 11) is 0. The van der Waals surface area contributed by atoms with Crippen molar-refractivity contribution in [2.24, 2.45) is 5.73 Å². The van der Waals surface area contributed by atoms with Crippen LogP contribution in [0.15, 0.2) is 5.38 Å². The van der Waals surface area contributed by atoms with Crippen molar-refractivity contribution in [3.8, 4) is 0 Å². The molecule has 0 radical (unpaired) electrons. The monoisotopic (exact) mass is 285 g/mol. The molecule has 0 bridgehead atoms. The van der Waals surface area contributed by atoms with Gasteiger partial charge in [0.2, 0.25) is 0 Å². The van der Waals surface area contributed by atoms with Crippen molar-refractivity contribution in [3.63, 3.8) is 0 Å². The number of rotatable bonds is 6. The van der Waals surface area contributed by atoms with E-state index in [1.54, 1.807) is 26.2 Å². The van der Waals surface area contributed by atoms with Crippen LogP contribution < -0.4 is 11.1 Å². The number of carboxylic acid groups (broad SMARTS) is 1. The molecule has 0 aliphatic heterocycles. The molecular formula is C12H19N3O3S. The number of nitrogens with zero attached hydrogens (tertiary/aromatic N) is 1. The van der Waals surface area contributed by atoms with Gasteiger partial charge in [0.15, 0.2) is 0 Å². The first-order chi connectivity index (χ1) is 8.71. The van der Waals surface area contributed by atoms with Crippen LogP contribution in [0.4, 0.5) is 0 Å². The Hall–Kier alpha value is -1.47. The highest BCUT2D eigenvalue weighted by atomic mass is 32.1. The number of carbonyl (C=O) groups excluding carboxylic acids is 1. The highest BCUT2D eigenvalue weighted by Gasteiger charge is 2.23. The minimum Gasteiger partial charge on any atom is -0.481 e. The molecule has 6 nitrogen and oxygen atoms in total. The van der Waals surface area contributed by atoms with E-state index in [9.17, 15) is 9.59 Å². The van der Waals surface area contributed by atoms with E-state index in [2.05, 4.69) is 10.3 Å². The van der Waals surface area contributed by atoms with Gasteiger partial charge in [-0.15, -0.1) is 11.3 Å². The lowest BCUT2D eigenvalue weighted by Gasteiger charge is -2.25. The molecule has 4 N–H and O–H groups in total. The average Bonchev–Trinajstić information content (AvgIpc) is 2.75. The molecule has 1 unspecified atom stereocenters. The molecule has 7 heteroatoms. The summed E-state index contributed by atoms with van der Waals surface area (Å²) < 4.78 is 0. The van der Waals surface area contributed by atoms with Crippen LogP contribution in [0.2, 0.25) is 0 Å². The Labute approximate surface area is 116 Å². The van der Waals surface area contributed by atoms with Crippen LogP contribution in [0.1, 0.15) is 55.2 Å². The summed E-state index contributed by atoms with van der Waals surface area (Å²) in [5.74, 6) is -1.19. The Kier molecular flexibility index (Phi) is 5.02. The van der Waals surface area contributed by atoms with Gasteiger partial charge in [-0.05, 0) is 27.2 Å². The lowest BCUT2D eigenvalue weighted by molar-refractivity contribution is -0.137. The molecule has 0 saturated carbocycles. The van der Waals surface area contributed by atoms with Crippen molar-refractivity contribution in [2.75, 3.05) is 0 Å². The minimum atomic E-state index is -0.879. The maximum absolute atomic E-state index is 12.0. The Morgan fingerprint density at radius 1 is 1.58 bits per heavy atom. The smallest absolute Gasteiger partial charge is 0.303 e. The molecular weight excluding hydrogens is 266 g/mol. The zero-order valence-corrected chi connectivity index (χ0v) is 12.1. The molecule has 0 aromatic carbocycles. The molecule has 1 heterocycles. The van der Waals surface area contributed by atoms with Crippen LogP contribution in [-0.2, 0) is 4.79 Å². The Bertz CT molecular complexity index is 469. The number of nitrogens with two attached hydrogens (primary N) is 1. The van der Waals surface area contributed by atoms with Gasteiger partial charge in [0.25, 0.3) is 5.91 Å². The van der Waals surface area contributed by atoms with Crippen LogP contribution in [0.3, 0.4) is 0 Å². The fraction of sp³-hybridized carbons (Fsp3) is 0.583. The summed E-state index contributed by atoms with van der Waals surface area (Å²) in [5, 5.41) is 13.8. The molecule has 19 heavy (non-hydrogen) atoms. The molecule has 1 amide bonds. The molecule has 1 aromatic heterocycles. The Morgan fingerprint density at radius 2 is 2.21 bits per heavy atom. The van der Waals surface area contributed by atoms with Gasteiger partial charge in [-0.25, -0.2) is 4.98 Å². The van der Waals surface area contributed by atoms with Crippen molar-refractivity contribution < 1.29 is 14.7 Å². The average molecular weight is 285 g/mol. The van der Waals surface area contributed by atoms with Crippen molar-refractivity contribution in [1.82, 2.24) is 10.3 Å². The number of hydrogen-bond acceptors (Lipinski definition) is 5. The molecule has 1 rings (SSSR count). The molecule has 0 saturated heterocycles. The molecule has 1 aromatic rings. The topological polar surface area (TPSA) is 105 Å². The van der Waals surface area contributed by atoms with Crippen molar-refractivity contribution in [2.45, 2.75) is 45.2 Å². The van der Waals surface area contributed by atoms with Crippen molar-refractivity contribution in [1.29, 1.82) is 0 Å². The summed E-state index contributed by atoms with van der Waals surface area (Å²) in [5.41, 5.74) is 5.42. The van der Waals surface area contributed by atoms with Crippen LogP contribution in [0, 0.1) is 0 Å². The summed E-state index contributed by atoms with van der Waals surface area (Å²) in [6.07, 6.45) is 0.369. The second-order valence-corrected chi connectivity index (χ2v) is 5.98. The normalized spacial score (nSPS) is 13.1. The van der Waals surface area contributed by atoms with Crippen LogP contribution in [0.5, 0.6) is 0 Å². The Balaban J connectivity index is 2.64. The van der Waals surface area contributed by atoms with E-state index in [0.717, 1.165) is 0 Å². The standard InChI is InChI=1S/C12H19N3O3S/c1-7(13)11-14-8(6-19-11)10(18)15-12(2,3)5-4-9(16)17/h6-7H,4-5,13H2,1-3H3,(H,15,18)(H,16,17). The van der Waals surface area contributed by atoms with Crippen LogP contribution >= 0.6 is 11.3 Å². The summed E-state index contributed by atoms with van der Waals surface area (Å²) in [6, 6.07) is -0.202. The van der Waals surface area contributed by atoms with Gasteiger partial charge in [-0.2, -0.15) is 0 Å². The summed E-state index contributed by atoms with van der Waals surface area (Å²) in [6.45, 7) is 5.37. The molecule has 106 valence electrons. The molecule has 0 aliphatic carbocycles. The predicted octanol–water partition coefficient (Wildman–Crippen LogP) is 1.54. The second kappa shape index (κ2) is 6.12. The summed E-state index contributed by atoms with van der Waals surface area (Å²) >= 11 is 1.34. The number of nitrogens with one attached hydrogen (secondary N) is 1. The first-order valence-corrected chi connectivity index (χ1v) is 6.84. The maximum Gasteiger partial charge on any atom is 0.303 e. The molecule has 0 spiro atoms. The van der Waals surface area contributed by atoms with E-state index in [-0.39, 0.29) is 18.4 Å². The van der Waals surface area contributed by atoms with E-state index in [1.165, 1.54) is 11.3 Å². The number of amides is 1. The van der Waals surface area contributed by atoms with Crippen molar-refractivity contribution in [3.05, 3.63) is 16.1 Å². The maximum atomic E-state index is 12.0. The highest BCUT2D eigenvalue weighted by molar-refractivity contribution is 7.09. The van der Waals surface area contributed by atoms with Gasteiger partial charge in [0, 0.05) is 17.3 Å². The van der Waals surface area contributed by atoms with E-state index in [1.807, 2.05) is 0 Å². The van der Waals surface area contributed by atoms with Crippen LogP contribution in [0.25, 0.3) is 0 Å². The fourth-order valence-corrected chi connectivity index (χ4v) is 2.21. The number of aliphatic carboxylic acids is 1.